The maximum Gasteiger partial charge on any atom is 0.317 e. The van der Waals surface area contributed by atoms with Crippen molar-refractivity contribution in [3.63, 3.8) is 0 Å². The van der Waals surface area contributed by atoms with Crippen molar-refractivity contribution in [3.05, 3.63) is 0 Å². The fraction of sp³-hybridized carbons (Fsp3) is 0.727. The summed E-state index contributed by atoms with van der Waals surface area (Å²) in [5.41, 5.74) is 0. The Morgan fingerprint density at radius 3 is 3.14 bits per heavy atom. The van der Waals surface area contributed by atoms with Crippen molar-refractivity contribution in [1.29, 1.82) is 0 Å². The third kappa shape index (κ3) is 3.29. The van der Waals surface area contributed by atoms with Gasteiger partial charge in [-0.05, 0) is 18.8 Å². The van der Waals surface area contributed by atoms with Crippen LogP contribution in [-0.4, -0.2) is 30.6 Å². The van der Waals surface area contributed by atoms with E-state index in [0.29, 0.717) is 18.9 Å². The van der Waals surface area contributed by atoms with Crippen molar-refractivity contribution in [2.45, 2.75) is 26.2 Å². The van der Waals surface area contributed by atoms with Gasteiger partial charge in [-0.3, -0.25) is 0 Å². The van der Waals surface area contributed by atoms with E-state index in [-0.39, 0.29) is 6.03 Å². The van der Waals surface area contributed by atoms with Crippen LogP contribution in [0.4, 0.5) is 4.79 Å². The number of rotatable bonds is 2. The highest BCUT2D eigenvalue weighted by Gasteiger charge is 2.19. The minimum absolute atomic E-state index is 0.0341. The van der Waals surface area contributed by atoms with E-state index >= 15 is 0 Å². The lowest BCUT2D eigenvalue weighted by molar-refractivity contribution is 0.170. The van der Waals surface area contributed by atoms with Crippen molar-refractivity contribution in [1.82, 2.24) is 10.2 Å². The number of amides is 2. The smallest absolute Gasteiger partial charge is 0.317 e. The fourth-order valence-electron chi connectivity index (χ4n) is 1.73. The summed E-state index contributed by atoms with van der Waals surface area (Å²) in [4.78, 5) is 13.4. The fourth-order valence-corrected chi connectivity index (χ4v) is 1.73. The molecule has 3 heteroatoms. The molecule has 1 aliphatic rings. The largest absolute Gasteiger partial charge is 0.337 e. The summed E-state index contributed by atoms with van der Waals surface area (Å²) < 4.78 is 0. The summed E-state index contributed by atoms with van der Waals surface area (Å²) >= 11 is 0. The summed E-state index contributed by atoms with van der Waals surface area (Å²) in [6.45, 7) is 4.52. The van der Waals surface area contributed by atoms with Crippen LogP contribution in [0, 0.1) is 18.3 Å². The summed E-state index contributed by atoms with van der Waals surface area (Å²) in [7, 11) is 0. The molecule has 0 aromatic heterocycles. The Morgan fingerprint density at radius 1 is 1.71 bits per heavy atom. The van der Waals surface area contributed by atoms with Gasteiger partial charge in [-0.15, -0.1) is 12.3 Å². The van der Waals surface area contributed by atoms with E-state index in [1.807, 2.05) is 4.90 Å². The maximum atomic E-state index is 11.6. The van der Waals surface area contributed by atoms with Gasteiger partial charge in [0.05, 0.1) is 0 Å². The zero-order chi connectivity index (χ0) is 10.4. The lowest BCUT2D eigenvalue weighted by Gasteiger charge is -2.30. The molecule has 1 atom stereocenters. The molecular formula is C11H18N2O. The molecule has 0 aliphatic carbocycles. The molecule has 0 aromatic rings. The van der Waals surface area contributed by atoms with E-state index < -0.39 is 0 Å². The summed E-state index contributed by atoms with van der Waals surface area (Å²) in [6, 6.07) is 0.0341. The topological polar surface area (TPSA) is 32.3 Å². The van der Waals surface area contributed by atoms with Gasteiger partial charge in [0.15, 0.2) is 0 Å². The van der Waals surface area contributed by atoms with Gasteiger partial charge in [-0.25, -0.2) is 4.79 Å². The SMILES string of the molecule is C#CCCNC(=O)N1CCCC(C)C1. The highest BCUT2D eigenvalue weighted by molar-refractivity contribution is 5.74. The van der Waals surface area contributed by atoms with Crippen LogP contribution in [0.5, 0.6) is 0 Å². The number of carbonyl (C=O) groups excluding carboxylic acids is 1. The Kier molecular flexibility index (Phi) is 4.31. The first-order valence-corrected chi connectivity index (χ1v) is 5.20. The summed E-state index contributed by atoms with van der Waals surface area (Å²) in [5, 5.41) is 2.82. The van der Waals surface area contributed by atoms with Crippen LogP contribution < -0.4 is 5.32 Å². The molecule has 1 aliphatic heterocycles. The number of nitrogens with zero attached hydrogens (tertiary/aromatic N) is 1. The molecular weight excluding hydrogens is 176 g/mol. The number of urea groups is 1. The maximum absolute atomic E-state index is 11.6. The standard InChI is InChI=1S/C11H18N2O/c1-3-4-7-12-11(14)13-8-5-6-10(2)9-13/h1,10H,4-9H2,2H3,(H,12,14). The normalized spacial score (nSPS) is 21.4. The van der Waals surface area contributed by atoms with Crippen molar-refractivity contribution in [2.75, 3.05) is 19.6 Å². The van der Waals surface area contributed by atoms with Crippen LogP contribution in [0.25, 0.3) is 0 Å². The number of terminal acetylenes is 1. The van der Waals surface area contributed by atoms with Crippen LogP contribution in [-0.2, 0) is 0 Å². The number of likely N-dealkylation sites (tertiary alicyclic amines) is 1. The minimum Gasteiger partial charge on any atom is -0.337 e. The van der Waals surface area contributed by atoms with Gasteiger partial charge >= 0.3 is 6.03 Å². The Labute approximate surface area is 85.9 Å². The minimum atomic E-state index is 0.0341. The predicted octanol–water partition coefficient (Wildman–Crippen LogP) is 1.45. The molecule has 3 nitrogen and oxygen atoms in total. The third-order valence-electron chi connectivity index (χ3n) is 2.49. The van der Waals surface area contributed by atoms with E-state index in [1.165, 1.54) is 6.42 Å². The van der Waals surface area contributed by atoms with Crippen LogP contribution >= 0.6 is 0 Å². The van der Waals surface area contributed by atoms with Gasteiger partial charge < -0.3 is 10.2 Å². The Bertz CT molecular complexity index is 232. The molecule has 1 saturated heterocycles. The van der Waals surface area contributed by atoms with E-state index in [9.17, 15) is 4.79 Å². The second kappa shape index (κ2) is 5.54. The van der Waals surface area contributed by atoms with Crippen LogP contribution in [0.2, 0.25) is 0 Å². The van der Waals surface area contributed by atoms with E-state index in [2.05, 4.69) is 18.2 Å². The number of carbonyl (C=O) groups is 1. The Morgan fingerprint density at radius 2 is 2.50 bits per heavy atom. The van der Waals surface area contributed by atoms with Gasteiger partial charge in [-0.2, -0.15) is 0 Å². The molecule has 0 saturated carbocycles. The first kappa shape index (κ1) is 10.9. The first-order chi connectivity index (χ1) is 6.74. The van der Waals surface area contributed by atoms with E-state index in [4.69, 9.17) is 6.42 Å². The molecule has 78 valence electrons. The molecule has 0 radical (unpaired) electrons. The summed E-state index contributed by atoms with van der Waals surface area (Å²) in [6.07, 6.45) is 8.05. The van der Waals surface area contributed by atoms with Crippen molar-refractivity contribution in [3.8, 4) is 12.3 Å². The molecule has 1 N–H and O–H groups in total. The lowest BCUT2D eigenvalue weighted by Crippen LogP contribution is -2.45. The second-order valence-corrected chi connectivity index (χ2v) is 3.88. The number of hydrogen-bond acceptors (Lipinski definition) is 1. The van der Waals surface area contributed by atoms with Crippen LogP contribution in [0.1, 0.15) is 26.2 Å². The monoisotopic (exact) mass is 194 g/mol. The highest BCUT2D eigenvalue weighted by Crippen LogP contribution is 2.14. The Hall–Kier alpha value is -1.17. The number of piperidine rings is 1. The molecule has 0 aromatic carbocycles. The molecule has 2 amide bonds. The first-order valence-electron chi connectivity index (χ1n) is 5.20. The second-order valence-electron chi connectivity index (χ2n) is 3.88. The molecule has 0 spiro atoms. The Balaban J connectivity index is 2.26. The highest BCUT2D eigenvalue weighted by atomic mass is 16.2. The third-order valence-corrected chi connectivity index (χ3v) is 2.49. The number of nitrogens with one attached hydrogen (secondary N) is 1. The van der Waals surface area contributed by atoms with Gasteiger partial charge in [0, 0.05) is 26.1 Å². The van der Waals surface area contributed by atoms with Crippen molar-refractivity contribution >= 4 is 6.03 Å². The zero-order valence-corrected chi connectivity index (χ0v) is 8.75. The molecule has 1 rings (SSSR count). The molecule has 0 bridgehead atoms. The lowest BCUT2D eigenvalue weighted by atomic mass is 10.0. The van der Waals surface area contributed by atoms with Gasteiger partial charge in [-0.1, -0.05) is 6.92 Å². The van der Waals surface area contributed by atoms with Crippen molar-refractivity contribution in [2.24, 2.45) is 5.92 Å². The van der Waals surface area contributed by atoms with Gasteiger partial charge in [0.1, 0.15) is 0 Å². The molecule has 1 fully saturated rings. The van der Waals surface area contributed by atoms with Gasteiger partial charge in [0.25, 0.3) is 0 Å². The van der Waals surface area contributed by atoms with Crippen LogP contribution in [0.15, 0.2) is 0 Å². The predicted molar refractivity (Wildman–Crippen MR) is 56.8 cm³/mol. The molecule has 1 heterocycles. The molecule has 1 unspecified atom stereocenters. The van der Waals surface area contributed by atoms with E-state index in [0.717, 1.165) is 19.5 Å². The van der Waals surface area contributed by atoms with E-state index in [1.54, 1.807) is 0 Å². The van der Waals surface area contributed by atoms with Crippen LogP contribution in [0.3, 0.4) is 0 Å². The average molecular weight is 194 g/mol. The average Bonchev–Trinajstić information content (AvgIpc) is 2.18. The zero-order valence-electron chi connectivity index (χ0n) is 8.75. The summed E-state index contributed by atoms with van der Waals surface area (Å²) in [5.74, 6) is 3.13. The quantitative estimate of drug-likeness (QED) is 0.523. The number of hydrogen-bond donors (Lipinski definition) is 1. The van der Waals surface area contributed by atoms with Crippen molar-refractivity contribution < 1.29 is 4.79 Å². The molecule has 14 heavy (non-hydrogen) atoms. The van der Waals surface area contributed by atoms with Gasteiger partial charge in [0.2, 0.25) is 0 Å².